The van der Waals surface area contributed by atoms with Crippen molar-refractivity contribution >= 4 is 11.9 Å². The van der Waals surface area contributed by atoms with Gasteiger partial charge in [0.25, 0.3) is 0 Å². The van der Waals surface area contributed by atoms with Gasteiger partial charge in [-0.15, -0.1) is 0 Å². The number of carbonyl (C=O) groups excluding carboxylic acids is 1. The maximum absolute atomic E-state index is 11.5. The number of hydrogen-bond acceptors (Lipinski definition) is 2. The average molecular weight is 249 g/mol. The molecule has 98 valence electrons. The van der Waals surface area contributed by atoms with Crippen molar-refractivity contribution < 1.29 is 14.7 Å². The van der Waals surface area contributed by atoms with Gasteiger partial charge in [0.2, 0.25) is 5.91 Å². The Bertz CT molecular complexity index is 376. The normalized spacial score (nSPS) is 10.0. The first-order valence-corrected chi connectivity index (χ1v) is 6.21. The van der Waals surface area contributed by atoms with Crippen molar-refractivity contribution in [3.8, 4) is 0 Å². The van der Waals surface area contributed by atoms with Crippen LogP contribution >= 0.6 is 0 Å². The van der Waals surface area contributed by atoms with E-state index >= 15 is 0 Å². The molecule has 0 aliphatic rings. The maximum Gasteiger partial charge on any atom is 0.303 e. The Morgan fingerprint density at radius 1 is 1.00 bits per heavy atom. The van der Waals surface area contributed by atoms with Crippen LogP contribution < -0.4 is 5.32 Å². The van der Waals surface area contributed by atoms with Crippen molar-refractivity contribution in [3.63, 3.8) is 0 Å². The second-order valence-electron chi connectivity index (χ2n) is 4.22. The van der Waals surface area contributed by atoms with Crippen LogP contribution in [0.3, 0.4) is 0 Å². The van der Waals surface area contributed by atoms with Crippen molar-refractivity contribution in [1.82, 2.24) is 5.32 Å². The van der Waals surface area contributed by atoms with E-state index in [1.807, 2.05) is 30.3 Å². The molecule has 4 heteroatoms. The number of carboxylic acids is 1. The molecule has 0 aliphatic heterocycles. The third-order valence-corrected chi connectivity index (χ3v) is 2.63. The first kappa shape index (κ1) is 14.2. The highest BCUT2D eigenvalue weighted by Crippen LogP contribution is 2.03. The lowest BCUT2D eigenvalue weighted by atomic mass is 10.1. The number of carbonyl (C=O) groups is 2. The van der Waals surface area contributed by atoms with Crippen molar-refractivity contribution in [2.45, 2.75) is 38.6 Å². The summed E-state index contributed by atoms with van der Waals surface area (Å²) in [6.45, 7) is 0.550. The van der Waals surface area contributed by atoms with Gasteiger partial charge in [-0.25, -0.2) is 0 Å². The van der Waals surface area contributed by atoms with Gasteiger partial charge in [-0.3, -0.25) is 9.59 Å². The van der Waals surface area contributed by atoms with Gasteiger partial charge in [0.15, 0.2) is 0 Å². The molecule has 0 unspecified atom stereocenters. The number of rotatable bonds is 8. The van der Waals surface area contributed by atoms with E-state index in [-0.39, 0.29) is 12.3 Å². The lowest BCUT2D eigenvalue weighted by Crippen LogP contribution is -2.22. The van der Waals surface area contributed by atoms with Crippen LogP contribution in [0.4, 0.5) is 0 Å². The highest BCUT2D eigenvalue weighted by Gasteiger charge is 2.02. The molecule has 1 aromatic carbocycles. The molecule has 0 saturated heterocycles. The molecule has 0 atom stereocenters. The Morgan fingerprint density at radius 2 is 1.67 bits per heavy atom. The fourth-order valence-corrected chi connectivity index (χ4v) is 1.62. The third kappa shape index (κ3) is 6.68. The van der Waals surface area contributed by atoms with Gasteiger partial charge >= 0.3 is 5.97 Å². The molecule has 18 heavy (non-hydrogen) atoms. The van der Waals surface area contributed by atoms with E-state index < -0.39 is 5.97 Å². The molecule has 0 bridgehead atoms. The summed E-state index contributed by atoms with van der Waals surface area (Å²) < 4.78 is 0. The Hall–Kier alpha value is -1.84. The van der Waals surface area contributed by atoms with Gasteiger partial charge < -0.3 is 10.4 Å². The highest BCUT2D eigenvalue weighted by atomic mass is 16.4. The molecule has 0 aliphatic carbocycles. The molecular weight excluding hydrogens is 230 g/mol. The van der Waals surface area contributed by atoms with E-state index in [2.05, 4.69) is 5.32 Å². The van der Waals surface area contributed by atoms with E-state index in [1.165, 1.54) is 0 Å². The standard InChI is InChI=1S/C14H19NO3/c16-13(9-5-2-6-10-14(17)18)15-11-12-7-3-1-4-8-12/h1,3-4,7-8H,2,5-6,9-11H2,(H,15,16)(H,17,18). The molecule has 0 spiro atoms. The van der Waals surface area contributed by atoms with E-state index in [4.69, 9.17) is 5.11 Å². The van der Waals surface area contributed by atoms with Crippen LogP contribution in [0.1, 0.15) is 37.7 Å². The number of aliphatic carboxylic acids is 1. The molecule has 1 amide bonds. The van der Waals surface area contributed by atoms with Gasteiger partial charge in [0.1, 0.15) is 0 Å². The number of carboxylic acid groups (broad SMARTS) is 1. The Kier molecular flexibility index (Phi) is 6.54. The van der Waals surface area contributed by atoms with E-state index in [9.17, 15) is 9.59 Å². The molecule has 0 radical (unpaired) electrons. The van der Waals surface area contributed by atoms with Crippen LogP contribution in [0, 0.1) is 0 Å². The Labute approximate surface area is 107 Å². The third-order valence-electron chi connectivity index (χ3n) is 2.63. The zero-order chi connectivity index (χ0) is 13.2. The molecular formula is C14H19NO3. The zero-order valence-corrected chi connectivity index (χ0v) is 10.4. The predicted octanol–water partition coefficient (Wildman–Crippen LogP) is 2.34. The quantitative estimate of drug-likeness (QED) is 0.695. The fourth-order valence-electron chi connectivity index (χ4n) is 1.62. The minimum atomic E-state index is -0.775. The van der Waals surface area contributed by atoms with Gasteiger partial charge in [0.05, 0.1) is 0 Å². The van der Waals surface area contributed by atoms with E-state index in [0.717, 1.165) is 18.4 Å². The molecule has 2 N–H and O–H groups in total. The van der Waals surface area contributed by atoms with Crippen molar-refractivity contribution in [2.24, 2.45) is 0 Å². The van der Waals surface area contributed by atoms with Crippen molar-refractivity contribution in [1.29, 1.82) is 0 Å². The summed E-state index contributed by atoms with van der Waals surface area (Å²) in [5.41, 5.74) is 1.08. The van der Waals surface area contributed by atoms with Crippen LogP contribution in [-0.2, 0) is 16.1 Å². The van der Waals surface area contributed by atoms with E-state index in [0.29, 0.717) is 19.4 Å². The summed E-state index contributed by atoms with van der Waals surface area (Å²) in [5.74, 6) is -0.752. The Balaban J connectivity index is 2.06. The number of benzene rings is 1. The van der Waals surface area contributed by atoms with Gasteiger partial charge in [-0.1, -0.05) is 36.8 Å². The summed E-state index contributed by atoms with van der Waals surface area (Å²) in [5, 5.41) is 11.3. The number of amides is 1. The zero-order valence-electron chi connectivity index (χ0n) is 10.4. The van der Waals surface area contributed by atoms with Crippen LogP contribution in [0.15, 0.2) is 30.3 Å². The molecule has 0 aromatic heterocycles. The lowest BCUT2D eigenvalue weighted by Gasteiger charge is -2.05. The molecule has 0 saturated carbocycles. The van der Waals surface area contributed by atoms with Crippen molar-refractivity contribution in [3.05, 3.63) is 35.9 Å². The van der Waals surface area contributed by atoms with E-state index in [1.54, 1.807) is 0 Å². The second-order valence-corrected chi connectivity index (χ2v) is 4.22. The summed E-state index contributed by atoms with van der Waals surface area (Å²) in [7, 11) is 0. The SMILES string of the molecule is O=C(O)CCCCCC(=O)NCc1ccccc1. The minimum Gasteiger partial charge on any atom is -0.481 e. The first-order valence-electron chi connectivity index (χ1n) is 6.21. The second kappa shape index (κ2) is 8.28. The molecule has 0 heterocycles. The molecule has 1 rings (SSSR count). The molecule has 1 aromatic rings. The predicted molar refractivity (Wildman–Crippen MR) is 69.0 cm³/mol. The summed E-state index contributed by atoms with van der Waals surface area (Å²) >= 11 is 0. The van der Waals surface area contributed by atoms with Gasteiger partial charge in [-0.2, -0.15) is 0 Å². The topological polar surface area (TPSA) is 66.4 Å². The highest BCUT2D eigenvalue weighted by molar-refractivity contribution is 5.75. The number of nitrogens with one attached hydrogen (secondary N) is 1. The van der Waals surface area contributed by atoms with Crippen LogP contribution in [0.25, 0.3) is 0 Å². The van der Waals surface area contributed by atoms with Gasteiger partial charge in [0, 0.05) is 19.4 Å². The van der Waals surface area contributed by atoms with Gasteiger partial charge in [-0.05, 0) is 18.4 Å². The monoisotopic (exact) mass is 249 g/mol. The smallest absolute Gasteiger partial charge is 0.303 e. The van der Waals surface area contributed by atoms with Crippen molar-refractivity contribution in [2.75, 3.05) is 0 Å². The minimum absolute atomic E-state index is 0.0224. The molecule has 0 fully saturated rings. The number of hydrogen-bond donors (Lipinski definition) is 2. The molecule has 4 nitrogen and oxygen atoms in total. The summed E-state index contributed by atoms with van der Waals surface area (Å²) in [4.78, 5) is 21.8. The lowest BCUT2D eigenvalue weighted by molar-refractivity contribution is -0.137. The first-order chi connectivity index (χ1) is 8.68. The fraction of sp³-hybridized carbons (Fsp3) is 0.429. The number of unbranched alkanes of at least 4 members (excludes halogenated alkanes) is 2. The Morgan fingerprint density at radius 3 is 2.33 bits per heavy atom. The largest absolute Gasteiger partial charge is 0.481 e. The van der Waals surface area contributed by atoms with Crippen LogP contribution in [-0.4, -0.2) is 17.0 Å². The van der Waals surface area contributed by atoms with Crippen LogP contribution in [0.5, 0.6) is 0 Å². The maximum atomic E-state index is 11.5. The summed E-state index contributed by atoms with van der Waals surface area (Å²) in [6, 6.07) is 9.74. The summed E-state index contributed by atoms with van der Waals surface area (Å²) in [6.07, 6.45) is 2.82. The average Bonchev–Trinajstić information content (AvgIpc) is 2.37. The van der Waals surface area contributed by atoms with Crippen LogP contribution in [0.2, 0.25) is 0 Å².